The molecule has 0 atom stereocenters. The highest BCUT2D eigenvalue weighted by molar-refractivity contribution is 7.18. The van der Waals surface area contributed by atoms with Crippen LogP contribution in [0.4, 0.5) is 0 Å². The average molecular weight is 252 g/mol. The molecule has 0 unspecified atom stereocenters. The number of alkyl halides is 1. The third kappa shape index (κ3) is 1.66. The minimum absolute atomic E-state index is 0.438. The topological polar surface area (TPSA) is 0 Å². The van der Waals surface area contributed by atoms with Gasteiger partial charge in [0.25, 0.3) is 0 Å². The summed E-state index contributed by atoms with van der Waals surface area (Å²) in [5, 5.41) is 4.40. The van der Waals surface area contributed by atoms with Crippen LogP contribution < -0.4 is 0 Å². The Hall–Kier alpha value is 0.0500. The SMILES string of the molecule is ClCc1cc(Cl)cc2scc(Cl)c12. The Labute approximate surface area is 95.0 Å². The molecule has 0 saturated carbocycles. The van der Waals surface area contributed by atoms with Crippen molar-refractivity contribution in [2.24, 2.45) is 0 Å². The highest BCUT2D eigenvalue weighted by Crippen LogP contribution is 2.35. The summed E-state index contributed by atoms with van der Waals surface area (Å²) in [7, 11) is 0. The van der Waals surface area contributed by atoms with E-state index >= 15 is 0 Å². The third-order valence-electron chi connectivity index (χ3n) is 1.82. The molecule has 0 radical (unpaired) electrons. The zero-order chi connectivity index (χ0) is 9.42. The van der Waals surface area contributed by atoms with Gasteiger partial charge in [-0.05, 0) is 17.7 Å². The van der Waals surface area contributed by atoms with Crippen molar-refractivity contribution in [2.45, 2.75) is 5.88 Å². The Balaban J connectivity index is 2.85. The van der Waals surface area contributed by atoms with Crippen molar-refractivity contribution in [2.75, 3.05) is 0 Å². The molecule has 0 bridgehead atoms. The van der Waals surface area contributed by atoms with Crippen LogP contribution in [-0.4, -0.2) is 0 Å². The second-order valence-corrected chi connectivity index (χ2v) is 4.68. The van der Waals surface area contributed by atoms with Gasteiger partial charge in [-0.15, -0.1) is 22.9 Å². The van der Waals surface area contributed by atoms with Crippen molar-refractivity contribution in [3.05, 3.63) is 33.1 Å². The predicted octanol–water partition coefficient (Wildman–Crippen LogP) is 4.95. The zero-order valence-corrected chi connectivity index (χ0v) is 9.57. The quantitative estimate of drug-likeness (QED) is 0.629. The summed E-state index contributed by atoms with van der Waals surface area (Å²) in [6.45, 7) is 0. The Bertz CT molecular complexity index is 447. The van der Waals surface area contributed by atoms with E-state index in [-0.39, 0.29) is 0 Å². The Morgan fingerprint density at radius 1 is 1.23 bits per heavy atom. The molecule has 0 N–H and O–H groups in total. The standard InChI is InChI=1S/C9H5Cl3S/c10-3-5-1-6(11)2-8-9(5)7(12)4-13-8/h1-2,4H,3H2. The van der Waals surface area contributed by atoms with Gasteiger partial charge in [0.2, 0.25) is 0 Å². The maximum Gasteiger partial charge on any atom is 0.0594 e. The fraction of sp³-hybridized carbons (Fsp3) is 0.111. The lowest BCUT2D eigenvalue weighted by molar-refractivity contribution is 1.46. The maximum atomic E-state index is 6.02. The van der Waals surface area contributed by atoms with Crippen molar-refractivity contribution >= 4 is 56.2 Å². The fourth-order valence-electron chi connectivity index (χ4n) is 1.28. The molecule has 1 heterocycles. The van der Waals surface area contributed by atoms with Gasteiger partial charge < -0.3 is 0 Å². The van der Waals surface area contributed by atoms with Crippen LogP contribution in [0.2, 0.25) is 10.0 Å². The molecule has 0 aliphatic carbocycles. The summed E-state index contributed by atoms with van der Waals surface area (Å²) in [4.78, 5) is 0. The lowest BCUT2D eigenvalue weighted by Gasteiger charge is -2.00. The molecule has 2 aromatic rings. The van der Waals surface area contributed by atoms with Crippen LogP contribution in [0, 0.1) is 0 Å². The number of benzene rings is 1. The molecule has 13 heavy (non-hydrogen) atoms. The number of hydrogen-bond acceptors (Lipinski definition) is 1. The monoisotopic (exact) mass is 250 g/mol. The van der Waals surface area contributed by atoms with Crippen molar-refractivity contribution in [3.63, 3.8) is 0 Å². The van der Waals surface area contributed by atoms with E-state index in [1.54, 1.807) is 11.3 Å². The smallest absolute Gasteiger partial charge is 0.0594 e. The Morgan fingerprint density at radius 3 is 2.69 bits per heavy atom. The van der Waals surface area contributed by atoms with E-state index in [0.29, 0.717) is 10.9 Å². The summed E-state index contributed by atoms with van der Waals surface area (Å²) in [5.74, 6) is 0.438. The lowest BCUT2D eigenvalue weighted by atomic mass is 10.1. The molecule has 0 aliphatic heterocycles. The molecule has 68 valence electrons. The first-order valence-electron chi connectivity index (χ1n) is 3.63. The summed E-state index contributed by atoms with van der Waals surface area (Å²) in [6, 6.07) is 3.76. The van der Waals surface area contributed by atoms with Gasteiger partial charge in [-0.1, -0.05) is 23.2 Å². The van der Waals surface area contributed by atoms with Gasteiger partial charge >= 0.3 is 0 Å². The predicted molar refractivity (Wildman–Crippen MR) is 61.4 cm³/mol. The molecule has 2 rings (SSSR count). The molecule has 0 saturated heterocycles. The minimum atomic E-state index is 0.438. The molecule has 4 heteroatoms. The second-order valence-electron chi connectivity index (χ2n) is 2.66. The van der Waals surface area contributed by atoms with Gasteiger partial charge in [0, 0.05) is 26.4 Å². The van der Waals surface area contributed by atoms with Crippen LogP contribution >= 0.6 is 46.1 Å². The molecule has 0 fully saturated rings. The van der Waals surface area contributed by atoms with Gasteiger partial charge in [0.1, 0.15) is 0 Å². The molecular formula is C9H5Cl3S. The normalized spacial score (nSPS) is 11.0. The van der Waals surface area contributed by atoms with Crippen molar-refractivity contribution < 1.29 is 0 Å². The zero-order valence-electron chi connectivity index (χ0n) is 6.48. The number of rotatable bonds is 1. The van der Waals surface area contributed by atoms with E-state index in [1.165, 1.54) is 0 Å². The van der Waals surface area contributed by atoms with Crippen LogP contribution in [0.1, 0.15) is 5.56 Å². The van der Waals surface area contributed by atoms with E-state index in [2.05, 4.69) is 0 Å². The summed E-state index contributed by atoms with van der Waals surface area (Å²) < 4.78 is 1.09. The third-order valence-corrected chi connectivity index (χ3v) is 3.68. The van der Waals surface area contributed by atoms with Crippen molar-refractivity contribution in [1.29, 1.82) is 0 Å². The maximum absolute atomic E-state index is 6.02. The number of halogens is 3. The number of hydrogen-bond donors (Lipinski definition) is 0. The van der Waals surface area contributed by atoms with Crippen LogP contribution in [0.5, 0.6) is 0 Å². The average Bonchev–Trinajstić information content (AvgIpc) is 2.46. The number of thiophene rings is 1. The molecule has 0 spiro atoms. The fourth-order valence-corrected chi connectivity index (χ4v) is 3.11. The van der Waals surface area contributed by atoms with E-state index in [0.717, 1.165) is 20.7 Å². The summed E-state index contributed by atoms with van der Waals surface area (Å²) >= 11 is 19.3. The molecule has 1 aromatic carbocycles. The van der Waals surface area contributed by atoms with Crippen molar-refractivity contribution in [3.8, 4) is 0 Å². The summed E-state index contributed by atoms with van der Waals surface area (Å²) in [5.41, 5.74) is 0.996. The van der Waals surface area contributed by atoms with Crippen molar-refractivity contribution in [1.82, 2.24) is 0 Å². The largest absolute Gasteiger partial charge is 0.142 e. The molecular weight excluding hydrogens is 247 g/mol. The minimum Gasteiger partial charge on any atom is -0.142 e. The summed E-state index contributed by atoms with van der Waals surface area (Å²) in [6.07, 6.45) is 0. The molecule has 0 aliphatic rings. The van der Waals surface area contributed by atoms with E-state index in [9.17, 15) is 0 Å². The van der Waals surface area contributed by atoms with E-state index < -0.39 is 0 Å². The van der Waals surface area contributed by atoms with E-state index in [1.807, 2.05) is 17.5 Å². The first-order valence-corrected chi connectivity index (χ1v) is 5.80. The number of fused-ring (bicyclic) bond motifs is 1. The first kappa shape index (κ1) is 9.60. The van der Waals surface area contributed by atoms with E-state index in [4.69, 9.17) is 34.8 Å². The highest BCUT2D eigenvalue weighted by atomic mass is 35.5. The van der Waals surface area contributed by atoms with Crippen LogP contribution in [0.3, 0.4) is 0 Å². The Kier molecular flexibility index (Phi) is 2.70. The molecule has 0 amide bonds. The molecule has 0 nitrogen and oxygen atoms in total. The first-order chi connectivity index (χ1) is 6.22. The second kappa shape index (κ2) is 3.66. The highest BCUT2D eigenvalue weighted by Gasteiger charge is 2.07. The Morgan fingerprint density at radius 2 is 2.00 bits per heavy atom. The molecule has 1 aromatic heterocycles. The van der Waals surface area contributed by atoms with Gasteiger partial charge in [-0.2, -0.15) is 0 Å². The van der Waals surface area contributed by atoms with Gasteiger partial charge in [0.15, 0.2) is 0 Å². The lowest BCUT2D eigenvalue weighted by Crippen LogP contribution is -1.79. The van der Waals surface area contributed by atoms with Crippen LogP contribution in [-0.2, 0) is 5.88 Å². The van der Waals surface area contributed by atoms with Crippen LogP contribution in [0.15, 0.2) is 17.5 Å². The van der Waals surface area contributed by atoms with Gasteiger partial charge in [-0.25, -0.2) is 0 Å². The van der Waals surface area contributed by atoms with Gasteiger partial charge in [-0.3, -0.25) is 0 Å². The van der Waals surface area contributed by atoms with Gasteiger partial charge in [0.05, 0.1) is 5.02 Å². The van der Waals surface area contributed by atoms with Crippen LogP contribution in [0.25, 0.3) is 10.1 Å².